The van der Waals surface area contributed by atoms with E-state index in [2.05, 4.69) is 10.4 Å². The molecule has 2 heterocycles. The van der Waals surface area contributed by atoms with Gasteiger partial charge in [-0.2, -0.15) is 5.10 Å². The summed E-state index contributed by atoms with van der Waals surface area (Å²) in [7, 11) is 0. The topological polar surface area (TPSA) is 69.3 Å². The molecule has 0 aliphatic heterocycles. The smallest absolute Gasteiger partial charge is 0.287 e. The van der Waals surface area contributed by atoms with E-state index in [0.717, 1.165) is 17.8 Å². The highest BCUT2D eigenvalue weighted by Gasteiger charge is 2.13. The van der Waals surface area contributed by atoms with Crippen LogP contribution >= 0.6 is 11.6 Å². The van der Waals surface area contributed by atoms with E-state index in [4.69, 9.17) is 20.8 Å². The Hall–Kier alpha value is -2.73. The Balaban J connectivity index is 1.55. The highest BCUT2D eigenvalue weighted by molar-refractivity contribution is 6.30. The van der Waals surface area contributed by atoms with Crippen LogP contribution < -0.4 is 10.1 Å². The third-order valence-corrected chi connectivity index (χ3v) is 4.24. The van der Waals surface area contributed by atoms with Crippen molar-refractivity contribution in [3.8, 4) is 5.75 Å². The molecule has 0 atom stereocenters. The van der Waals surface area contributed by atoms with Gasteiger partial charge < -0.3 is 14.5 Å². The van der Waals surface area contributed by atoms with E-state index in [-0.39, 0.29) is 18.3 Å². The summed E-state index contributed by atoms with van der Waals surface area (Å²) < 4.78 is 13.0. The number of rotatable bonds is 7. The summed E-state index contributed by atoms with van der Waals surface area (Å²) in [5, 5.41) is 7.71. The summed E-state index contributed by atoms with van der Waals surface area (Å²) in [6, 6.07) is 10.5. The number of furan rings is 1. The van der Waals surface area contributed by atoms with Gasteiger partial charge in [-0.25, -0.2) is 0 Å². The number of carbonyl (C=O) groups excluding carboxylic acids is 1. The summed E-state index contributed by atoms with van der Waals surface area (Å²) in [5.74, 6) is 1.17. The van der Waals surface area contributed by atoms with Gasteiger partial charge in [-0.3, -0.25) is 9.48 Å². The molecule has 0 radical (unpaired) electrons. The molecule has 1 aromatic carbocycles. The molecule has 0 saturated heterocycles. The Bertz CT molecular complexity index is 901. The number of ether oxygens (including phenoxy) is 1. The summed E-state index contributed by atoms with van der Waals surface area (Å²) in [5.41, 5.74) is 2.03. The average Bonchev–Trinajstić information content (AvgIpc) is 3.25. The molecule has 1 N–H and O–H groups in total. The molecule has 0 unspecified atom stereocenters. The molecule has 0 aliphatic carbocycles. The fraction of sp³-hybridized carbons (Fsp3) is 0.263. The fourth-order valence-corrected chi connectivity index (χ4v) is 2.71. The maximum atomic E-state index is 12.2. The lowest BCUT2D eigenvalue weighted by Gasteiger charge is -2.05. The predicted octanol–water partition coefficient (Wildman–Crippen LogP) is 3.97. The van der Waals surface area contributed by atoms with Crippen LogP contribution in [0.2, 0.25) is 5.02 Å². The van der Waals surface area contributed by atoms with Gasteiger partial charge in [0.05, 0.1) is 6.20 Å². The van der Waals surface area contributed by atoms with Gasteiger partial charge in [0.25, 0.3) is 5.91 Å². The minimum Gasteiger partial charge on any atom is -0.486 e. The van der Waals surface area contributed by atoms with Crippen LogP contribution in [0, 0.1) is 6.92 Å². The van der Waals surface area contributed by atoms with Gasteiger partial charge in [0, 0.05) is 29.4 Å². The van der Waals surface area contributed by atoms with Crippen LogP contribution in [0.25, 0.3) is 0 Å². The molecule has 0 spiro atoms. The van der Waals surface area contributed by atoms with Crippen molar-refractivity contribution in [3.05, 3.63) is 70.4 Å². The van der Waals surface area contributed by atoms with Crippen LogP contribution in [0.3, 0.4) is 0 Å². The van der Waals surface area contributed by atoms with Gasteiger partial charge in [-0.05, 0) is 44.2 Å². The molecule has 6 nitrogen and oxygen atoms in total. The van der Waals surface area contributed by atoms with Crippen LogP contribution in [-0.2, 0) is 19.7 Å². The molecule has 2 aromatic heterocycles. The number of aryl methyl sites for hydroxylation is 1. The zero-order valence-electron chi connectivity index (χ0n) is 14.7. The second-order valence-corrected chi connectivity index (χ2v) is 6.20. The van der Waals surface area contributed by atoms with Crippen molar-refractivity contribution >= 4 is 17.5 Å². The van der Waals surface area contributed by atoms with Crippen LogP contribution in [-0.4, -0.2) is 15.7 Å². The van der Waals surface area contributed by atoms with E-state index in [1.165, 1.54) is 0 Å². The number of amides is 1. The summed E-state index contributed by atoms with van der Waals surface area (Å²) in [6.07, 6.45) is 1.77. The van der Waals surface area contributed by atoms with E-state index < -0.39 is 0 Å². The molecular formula is C19H20ClN3O3. The number of hydrogen-bond acceptors (Lipinski definition) is 4. The van der Waals surface area contributed by atoms with E-state index in [1.807, 2.05) is 18.5 Å². The van der Waals surface area contributed by atoms with Crippen LogP contribution in [0.4, 0.5) is 0 Å². The van der Waals surface area contributed by atoms with Crippen molar-refractivity contribution in [1.29, 1.82) is 0 Å². The van der Waals surface area contributed by atoms with Gasteiger partial charge in [-0.1, -0.05) is 17.7 Å². The largest absolute Gasteiger partial charge is 0.486 e. The van der Waals surface area contributed by atoms with Gasteiger partial charge in [0.2, 0.25) is 0 Å². The molecule has 136 valence electrons. The Morgan fingerprint density at radius 3 is 2.92 bits per heavy atom. The first-order chi connectivity index (χ1) is 12.6. The van der Waals surface area contributed by atoms with E-state index in [1.54, 1.807) is 42.6 Å². The van der Waals surface area contributed by atoms with Crippen molar-refractivity contribution in [3.63, 3.8) is 0 Å². The number of carbonyl (C=O) groups is 1. The fourth-order valence-electron chi connectivity index (χ4n) is 2.53. The molecule has 0 fully saturated rings. The van der Waals surface area contributed by atoms with Crippen molar-refractivity contribution in [1.82, 2.24) is 15.1 Å². The van der Waals surface area contributed by atoms with Crippen molar-refractivity contribution in [2.45, 2.75) is 33.5 Å². The standard InChI is InChI=1S/C19H20ClN3O3/c1-3-23-13(2)14(11-22-23)10-21-19(24)18-8-7-17(26-18)12-25-16-6-4-5-15(20)9-16/h4-9,11H,3,10,12H2,1-2H3,(H,21,24). The second kappa shape index (κ2) is 8.10. The SMILES string of the molecule is CCn1ncc(CNC(=O)c2ccc(COc3cccc(Cl)c3)o2)c1C. The molecule has 3 aromatic rings. The Morgan fingerprint density at radius 2 is 2.19 bits per heavy atom. The number of hydrogen-bond donors (Lipinski definition) is 1. The number of nitrogens with one attached hydrogen (secondary N) is 1. The van der Waals surface area contributed by atoms with Crippen molar-refractivity contribution in [2.24, 2.45) is 0 Å². The van der Waals surface area contributed by atoms with Gasteiger partial charge in [0.15, 0.2) is 5.76 Å². The maximum absolute atomic E-state index is 12.2. The summed E-state index contributed by atoms with van der Waals surface area (Å²) in [6.45, 7) is 5.43. The zero-order chi connectivity index (χ0) is 18.5. The number of benzene rings is 1. The number of nitrogens with zero attached hydrogens (tertiary/aromatic N) is 2. The number of halogens is 1. The molecule has 7 heteroatoms. The molecule has 0 saturated carbocycles. The highest BCUT2D eigenvalue weighted by Crippen LogP contribution is 2.19. The Morgan fingerprint density at radius 1 is 1.35 bits per heavy atom. The highest BCUT2D eigenvalue weighted by atomic mass is 35.5. The van der Waals surface area contributed by atoms with E-state index >= 15 is 0 Å². The second-order valence-electron chi connectivity index (χ2n) is 5.77. The third kappa shape index (κ3) is 4.26. The van der Waals surface area contributed by atoms with Crippen LogP contribution in [0.5, 0.6) is 5.75 Å². The first-order valence-electron chi connectivity index (χ1n) is 8.33. The lowest BCUT2D eigenvalue weighted by Crippen LogP contribution is -2.22. The zero-order valence-corrected chi connectivity index (χ0v) is 15.4. The quantitative estimate of drug-likeness (QED) is 0.680. The first kappa shape index (κ1) is 18.1. The van der Waals surface area contributed by atoms with Crippen LogP contribution in [0.15, 0.2) is 47.0 Å². The summed E-state index contributed by atoms with van der Waals surface area (Å²) in [4.78, 5) is 12.2. The van der Waals surface area contributed by atoms with Gasteiger partial charge >= 0.3 is 0 Å². The molecule has 1 amide bonds. The minimum atomic E-state index is -0.275. The lowest BCUT2D eigenvalue weighted by atomic mass is 10.2. The molecule has 0 aliphatic rings. The Kier molecular flexibility index (Phi) is 5.63. The van der Waals surface area contributed by atoms with Crippen LogP contribution in [0.1, 0.15) is 34.5 Å². The third-order valence-electron chi connectivity index (χ3n) is 4.01. The molecule has 3 rings (SSSR count). The average molecular weight is 374 g/mol. The Labute approximate surface area is 156 Å². The molecule has 0 bridgehead atoms. The monoisotopic (exact) mass is 373 g/mol. The lowest BCUT2D eigenvalue weighted by molar-refractivity contribution is 0.0919. The van der Waals surface area contributed by atoms with Crippen molar-refractivity contribution in [2.75, 3.05) is 0 Å². The summed E-state index contributed by atoms with van der Waals surface area (Å²) >= 11 is 5.92. The predicted molar refractivity (Wildman–Crippen MR) is 98.3 cm³/mol. The molecule has 26 heavy (non-hydrogen) atoms. The van der Waals surface area contributed by atoms with E-state index in [0.29, 0.717) is 23.1 Å². The van der Waals surface area contributed by atoms with E-state index in [9.17, 15) is 4.79 Å². The number of aromatic nitrogens is 2. The van der Waals surface area contributed by atoms with Gasteiger partial charge in [0.1, 0.15) is 18.1 Å². The molecular weight excluding hydrogens is 354 g/mol. The minimum absolute atomic E-state index is 0.218. The first-order valence-corrected chi connectivity index (χ1v) is 8.71. The maximum Gasteiger partial charge on any atom is 0.287 e. The van der Waals surface area contributed by atoms with Crippen molar-refractivity contribution < 1.29 is 13.9 Å². The van der Waals surface area contributed by atoms with Gasteiger partial charge in [-0.15, -0.1) is 0 Å². The normalized spacial score (nSPS) is 10.7.